The largest absolute Gasteiger partial charge is 0.307 e. The smallest absolute Gasteiger partial charge is 0.261 e. The Morgan fingerprint density at radius 1 is 0.880 bits per heavy atom. The van der Waals surface area contributed by atoms with Crippen LogP contribution in [0.1, 0.15) is 46.6 Å². The van der Waals surface area contributed by atoms with E-state index in [1.54, 1.807) is 12.1 Å². The molecule has 0 atom stereocenters. The zero-order chi connectivity index (χ0) is 19.9. The summed E-state index contributed by atoms with van der Waals surface area (Å²) in [5.41, 5.74) is 1.01. The van der Waals surface area contributed by atoms with Crippen molar-refractivity contribution in [3.63, 3.8) is 0 Å². The van der Waals surface area contributed by atoms with Crippen molar-refractivity contribution in [2.24, 2.45) is 0 Å². The van der Waals surface area contributed by atoms with Crippen molar-refractivity contribution >= 4 is 19.7 Å². The second kappa shape index (κ2) is 15.6. The fourth-order valence-corrected chi connectivity index (χ4v) is 2.68. The maximum Gasteiger partial charge on any atom is 0.261 e. The third-order valence-electron chi connectivity index (χ3n) is 3.79. The molecule has 1 aromatic carbocycles. The van der Waals surface area contributed by atoms with Gasteiger partial charge >= 0.3 is 0 Å². The Kier molecular flexibility index (Phi) is 16.6. The average molecular weight is 393 g/mol. The monoisotopic (exact) mass is 392 g/mol. The number of rotatable bonds is 7. The number of halogens is 1. The molecule has 25 heavy (non-hydrogen) atoms. The molecule has 0 bridgehead atoms. The van der Waals surface area contributed by atoms with Crippen LogP contribution in [-0.4, -0.2) is 58.0 Å². The first-order valence-electron chi connectivity index (χ1n) is 9.08. The quantitative estimate of drug-likeness (QED) is 0.635. The van der Waals surface area contributed by atoms with E-state index in [1.807, 2.05) is 6.92 Å². The molecule has 0 saturated carbocycles. The first kappa shape index (κ1) is 26.6. The van der Waals surface area contributed by atoms with Crippen molar-refractivity contribution < 1.29 is 8.42 Å². The van der Waals surface area contributed by atoms with Crippen LogP contribution in [0.4, 0.5) is 0 Å². The summed E-state index contributed by atoms with van der Waals surface area (Å²) in [5.74, 6) is 0. The van der Waals surface area contributed by atoms with E-state index in [1.165, 1.54) is 51.3 Å². The number of hydrogen-bond acceptors (Lipinski definition) is 4. The lowest BCUT2D eigenvalue weighted by molar-refractivity contribution is 0.321. The number of benzene rings is 1. The van der Waals surface area contributed by atoms with Crippen molar-refractivity contribution in [1.82, 2.24) is 9.80 Å². The van der Waals surface area contributed by atoms with Crippen molar-refractivity contribution in [1.29, 1.82) is 0 Å². The molecule has 0 radical (unpaired) electrons. The SMILES string of the molecule is CCCN(C)CC.CCN(CC)CC.Cc1ccc(S(=O)(=O)Cl)cc1. The maximum absolute atomic E-state index is 10.7. The molecule has 0 spiro atoms. The summed E-state index contributed by atoms with van der Waals surface area (Å²) in [5, 5.41) is 0. The average Bonchev–Trinajstić information content (AvgIpc) is 2.57. The van der Waals surface area contributed by atoms with Crippen molar-refractivity contribution in [3.8, 4) is 0 Å². The van der Waals surface area contributed by atoms with E-state index in [0.717, 1.165) is 5.56 Å². The van der Waals surface area contributed by atoms with Gasteiger partial charge in [-0.1, -0.05) is 52.3 Å². The normalized spacial score (nSPS) is 10.8. The standard InChI is InChI=1S/C7H7ClO2S.2C6H15N/c1-6-2-4-7(5-3-6)11(8,9)10;1-4-6-7(3)5-2;1-4-7(5-2)6-3/h2-5H,1H3;2*4-6H2,1-3H3. The van der Waals surface area contributed by atoms with E-state index in [-0.39, 0.29) is 4.90 Å². The third-order valence-corrected chi connectivity index (χ3v) is 5.16. The van der Waals surface area contributed by atoms with E-state index >= 15 is 0 Å². The molecular formula is C19H37ClN2O2S. The van der Waals surface area contributed by atoms with E-state index in [9.17, 15) is 8.42 Å². The van der Waals surface area contributed by atoms with E-state index in [4.69, 9.17) is 10.7 Å². The predicted octanol–water partition coefficient (Wildman–Crippen LogP) is 4.62. The molecule has 1 aromatic rings. The molecule has 0 aliphatic carbocycles. The van der Waals surface area contributed by atoms with Crippen molar-refractivity contribution in [3.05, 3.63) is 29.8 Å². The highest BCUT2D eigenvalue weighted by atomic mass is 35.7. The number of hydrogen-bond donors (Lipinski definition) is 0. The topological polar surface area (TPSA) is 40.6 Å². The Bertz CT molecular complexity index is 509. The molecule has 4 nitrogen and oxygen atoms in total. The van der Waals surface area contributed by atoms with Gasteiger partial charge in [0.05, 0.1) is 4.90 Å². The van der Waals surface area contributed by atoms with Gasteiger partial charge in [0.25, 0.3) is 9.05 Å². The maximum atomic E-state index is 10.7. The van der Waals surface area contributed by atoms with Crippen molar-refractivity contribution in [2.75, 3.05) is 39.8 Å². The van der Waals surface area contributed by atoms with Gasteiger partial charge in [-0.25, -0.2) is 8.42 Å². The molecule has 0 aromatic heterocycles. The van der Waals surface area contributed by atoms with Crippen LogP contribution >= 0.6 is 10.7 Å². The summed E-state index contributed by atoms with van der Waals surface area (Å²) in [7, 11) is 3.68. The summed E-state index contributed by atoms with van der Waals surface area (Å²) in [6.07, 6.45) is 1.27. The fraction of sp³-hybridized carbons (Fsp3) is 0.684. The van der Waals surface area contributed by atoms with Gasteiger partial charge in [-0.2, -0.15) is 0 Å². The van der Waals surface area contributed by atoms with Gasteiger partial charge in [-0.15, -0.1) is 0 Å². The van der Waals surface area contributed by atoms with Crippen LogP contribution in [-0.2, 0) is 9.05 Å². The molecule has 0 amide bonds. The van der Waals surface area contributed by atoms with Crippen LogP contribution in [0, 0.1) is 6.92 Å². The predicted molar refractivity (Wildman–Crippen MR) is 111 cm³/mol. The zero-order valence-corrected chi connectivity index (χ0v) is 18.6. The molecule has 6 heteroatoms. The third kappa shape index (κ3) is 15.4. The fourth-order valence-electron chi connectivity index (χ4n) is 1.91. The molecule has 148 valence electrons. The summed E-state index contributed by atoms with van der Waals surface area (Å²) < 4.78 is 21.4. The van der Waals surface area contributed by atoms with E-state index in [2.05, 4.69) is 51.5 Å². The molecule has 0 unspecified atom stereocenters. The van der Waals surface area contributed by atoms with Crippen LogP contribution in [0.5, 0.6) is 0 Å². The lowest BCUT2D eigenvalue weighted by Gasteiger charge is -2.13. The summed E-state index contributed by atoms with van der Waals surface area (Å²) >= 11 is 0. The molecular weight excluding hydrogens is 356 g/mol. The minimum atomic E-state index is -3.55. The van der Waals surface area contributed by atoms with Gasteiger partial charge in [0.15, 0.2) is 0 Å². The molecule has 0 heterocycles. The van der Waals surface area contributed by atoms with Crippen LogP contribution < -0.4 is 0 Å². The van der Waals surface area contributed by atoms with Gasteiger partial charge in [0.2, 0.25) is 0 Å². The minimum absolute atomic E-state index is 0.143. The van der Waals surface area contributed by atoms with Crippen LogP contribution in [0.15, 0.2) is 29.2 Å². The van der Waals surface area contributed by atoms with Crippen molar-refractivity contribution in [2.45, 2.75) is 52.9 Å². The van der Waals surface area contributed by atoms with Gasteiger partial charge in [-0.05, 0) is 65.2 Å². The second-order valence-corrected chi connectivity index (χ2v) is 8.33. The molecule has 0 aliphatic heterocycles. The van der Waals surface area contributed by atoms with Gasteiger partial charge < -0.3 is 9.80 Å². The Hall–Kier alpha value is -0.620. The Morgan fingerprint density at radius 3 is 1.52 bits per heavy atom. The molecule has 1 rings (SSSR count). The van der Waals surface area contributed by atoms with E-state index < -0.39 is 9.05 Å². The zero-order valence-electron chi connectivity index (χ0n) is 17.0. The molecule has 0 fully saturated rings. The minimum Gasteiger partial charge on any atom is -0.307 e. The van der Waals surface area contributed by atoms with Gasteiger partial charge in [-0.3, -0.25) is 0 Å². The Labute approximate surface area is 160 Å². The Morgan fingerprint density at radius 2 is 1.32 bits per heavy atom. The molecule has 0 aliphatic rings. The van der Waals surface area contributed by atoms with Crippen LogP contribution in [0.3, 0.4) is 0 Å². The Balaban J connectivity index is 0. The highest BCUT2D eigenvalue weighted by Gasteiger charge is 2.07. The second-order valence-electron chi connectivity index (χ2n) is 5.77. The van der Waals surface area contributed by atoms with Crippen LogP contribution in [0.25, 0.3) is 0 Å². The highest BCUT2D eigenvalue weighted by Crippen LogP contribution is 2.14. The summed E-state index contributed by atoms with van der Waals surface area (Å²) in [6, 6.07) is 6.37. The van der Waals surface area contributed by atoms with Crippen LogP contribution in [0.2, 0.25) is 0 Å². The summed E-state index contributed by atoms with van der Waals surface area (Å²) in [6.45, 7) is 18.8. The lowest BCUT2D eigenvalue weighted by Crippen LogP contribution is -2.21. The van der Waals surface area contributed by atoms with E-state index in [0.29, 0.717) is 0 Å². The molecule has 0 N–H and O–H groups in total. The highest BCUT2D eigenvalue weighted by molar-refractivity contribution is 8.13. The number of nitrogens with zero attached hydrogens (tertiary/aromatic N) is 2. The summed E-state index contributed by atoms with van der Waals surface area (Å²) in [4.78, 5) is 4.82. The van der Waals surface area contributed by atoms with Gasteiger partial charge in [0.1, 0.15) is 0 Å². The first-order valence-corrected chi connectivity index (χ1v) is 11.4. The lowest BCUT2D eigenvalue weighted by atomic mass is 10.2. The first-order chi connectivity index (χ1) is 11.7. The molecule has 0 saturated heterocycles. The van der Waals surface area contributed by atoms with Gasteiger partial charge in [0, 0.05) is 10.7 Å². The number of aryl methyl sites for hydroxylation is 1.